The number of phenols is 1. The summed E-state index contributed by atoms with van der Waals surface area (Å²) in [5, 5.41) is 15.4. The molecule has 6 aromatic rings. The zero-order chi connectivity index (χ0) is 43.5. The van der Waals surface area contributed by atoms with Gasteiger partial charge in [0.2, 0.25) is 0 Å². The van der Waals surface area contributed by atoms with Crippen molar-refractivity contribution < 1.29 is 19.1 Å². The summed E-state index contributed by atoms with van der Waals surface area (Å²) in [4.78, 5) is 28.6. The van der Waals surface area contributed by atoms with Crippen molar-refractivity contribution in [3.63, 3.8) is 0 Å². The Morgan fingerprint density at radius 2 is 1.27 bits per heavy atom. The highest BCUT2D eigenvalue weighted by molar-refractivity contribution is 7.95. The summed E-state index contributed by atoms with van der Waals surface area (Å²) in [6.07, 6.45) is 6.68. The topological polar surface area (TPSA) is 80.0 Å². The first kappa shape index (κ1) is 41.8. The molecule has 3 aliphatic rings. The van der Waals surface area contributed by atoms with Gasteiger partial charge in [-0.15, -0.1) is 0 Å². The number of piperidine rings is 1. The Kier molecular flexibility index (Phi) is 12.0. The van der Waals surface area contributed by atoms with Gasteiger partial charge in [-0.3, -0.25) is 9.59 Å². The number of carbonyl (C=O) groups excluding carboxylic acids is 1. The maximum Gasteiger partial charge on any atom is 0.253 e. The maximum absolute atomic E-state index is 14.0. The van der Waals surface area contributed by atoms with E-state index in [1.54, 1.807) is 18.2 Å². The summed E-state index contributed by atoms with van der Waals surface area (Å²) in [5.74, 6) is 2.58. The van der Waals surface area contributed by atoms with Gasteiger partial charge in [-0.2, -0.15) is 0 Å². The van der Waals surface area contributed by atoms with Crippen molar-refractivity contribution in [2.24, 2.45) is 5.92 Å². The molecular formula is C56H53NO5P+. The molecule has 0 saturated carbocycles. The molecule has 0 unspecified atom stereocenters. The molecule has 1 aliphatic carbocycles. The van der Waals surface area contributed by atoms with Crippen LogP contribution in [0, 0.1) is 26.7 Å². The van der Waals surface area contributed by atoms with E-state index in [2.05, 4.69) is 91.0 Å². The number of amides is 1. The van der Waals surface area contributed by atoms with E-state index in [4.69, 9.17) is 9.15 Å². The van der Waals surface area contributed by atoms with Crippen molar-refractivity contribution in [2.45, 2.75) is 52.9 Å². The van der Waals surface area contributed by atoms with E-state index >= 15 is 0 Å². The number of unbranched alkanes of at least 4 members (excludes halogenated alkanes) is 1. The number of ether oxygens (including phenoxy) is 1. The van der Waals surface area contributed by atoms with Gasteiger partial charge in [-0.05, 0) is 160 Å². The fourth-order valence-electron chi connectivity index (χ4n) is 9.66. The number of aryl methyl sites for hydroxylation is 3. The van der Waals surface area contributed by atoms with Crippen LogP contribution in [0.4, 0.5) is 0 Å². The van der Waals surface area contributed by atoms with Crippen LogP contribution in [0.5, 0.6) is 17.2 Å². The van der Waals surface area contributed by atoms with Gasteiger partial charge in [0.15, 0.2) is 5.43 Å². The average molecular weight is 851 g/mol. The highest BCUT2D eigenvalue weighted by atomic mass is 31.2. The Hall–Kier alpha value is -6.49. The number of benzene rings is 7. The van der Waals surface area contributed by atoms with Crippen LogP contribution < -0.4 is 26.1 Å². The minimum absolute atomic E-state index is 0.0709. The molecule has 1 fully saturated rings. The number of rotatable bonds is 12. The summed E-state index contributed by atoms with van der Waals surface area (Å²) >= 11 is 0. The average Bonchev–Trinajstić information content (AvgIpc) is 3.31. The van der Waals surface area contributed by atoms with Crippen molar-refractivity contribution in [1.29, 1.82) is 0 Å². The lowest BCUT2D eigenvalue weighted by molar-refractivity contribution is 0.0685. The number of phenolic OH excluding ortho intramolecular Hbond substituents is 1. The van der Waals surface area contributed by atoms with Gasteiger partial charge >= 0.3 is 0 Å². The van der Waals surface area contributed by atoms with Crippen molar-refractivity contribution in [2.75, 3.05) is 19.3 Å². The molecule has 0 aromatic heterocycles. The zero-order valence-electron chi connectivity index (χ0n) is 36.2. The van der Waals surface area contributed by atoms with Crippen LogP contribution >= 0.6 is 7.26 Å². The molecule has 2 aliphatic heterocycles. The van der Waals surface area contributed by atoms with Gasteiger partial charge in [0.05, 0.1) is 6.16 Å². The number of hydrogen-bond donors (Lipinski definition) is 1. The SMILES string of the molecule is Cc1cc(C(=O)N2CCC(CCCC[P+](c3ccccc3)(c3ccccc3)c3ccccc3)CC2)ccc1-c1c2ccc(=O)cc-2oc2cc(Oc3cc(C)c(O)c(C)c3)ccc12. The second-order valence-electron chi connectivity index (χ2n) is 17.1. The van der Waals surface area contributed by atoms with Crippen molar-refractivity contribution >= 4 is 40.1 Å². The predicted molar refractivity (Wildman–Crippen MR) is 259 cm³/mol. The highest BCUT2D eigenvalue weighted by Crippen LogP contribution is 2.56. The van der Waals surface area contributed by atoms with E-state index in [0.717, 1.165) is 77.3 Å². The van der Waals surface area contributed by atoms with Crippen LogP contribution in [0.25, 0.3) is 33.4 Å². The van der Waals surface area contributed by atoms with Gasteiger partial charge in [-0.1, -0.05) is 67.1 Å². The quantitative estimate of drug-likeness (QED) is 0.0752. The molecule has 9 rings (SSSR count). The highest BCUT2D eigenvalue weighted by Gasteiger charge is 2.44. The van der Waals surface area contributed by atoms with Crippen molar-refractivity contribution in [1.82, 2.24) is 4.90 Å². The van der Waals surface area contributed by atoms with Crippen LogP contribution in [-0.2, 0) is 0 Å². The smallest absolute Gasteiger partial charge is 0.253 e. The van der Waals surface area contributed by atoms with Crippen LogP contribution in [0.1, 0.15) is 59.2 Å². The van der Waals surface area contributed by atoms with E-state index in [0.29, 0.717) is 34.3 Å². The lowest BCUT2D eigenvalue weighted by Gasteiger charge is -2.32. The molecular weight excluding hydrogens is 798 g/mol. The van der Waals surface area contributed by atoms with E-state index in [1.807, 2.05) is 68.1 Å². The standard InChI is InChI=1S/C56H52NO5P/c1-38-33-42(22-25-49(38)54-50-26-23-43(58)36-52(50)62-53-37-44(24-27-51(53)54)61-45-34-39(2)55(59)40(3)35-45)56(60)57-30-28-41(29-31-57)15-13-14-32-63(46-16-7-4-8-17-46,47-18-9-5-10-19-47)48-20-11-6-12-21-48/h4-12,16-27,33-37,41H,13-15,28-32H2,1-3H3/p+1. The fraction of sp³-hybridized carbons (Fsp3) is 0.214. The van der Waals surface area contributed by atoms with E-state index in [-0.39, 0.29) is 17.1 Å². The number of likely N-dealkylation sites (tertiary alicyclic amines) is 1. The van der Waals surface area contributed by atoms with Crippen molar-refractivity contribution in [3.05, 3.63) is 190 Å². The third kappa shape index (κ3) is 8.53. The Morgan fingerprint density at radius 1 is 0.667 bits per heavy atom. The number of hydrogen-bond acceptors (Lipinski definition) is 5. The second-order valence-corrected chi connectivity index (χ2v) is 20.7. The van der Waals surface area contributed by atoms with Crippen LogP contribution in [0.2, 0.25) is 0 Å². The minimum atomic E-state index is -1.83. The molecule has 0 radical (unpaired) electrons. The molecule has 1 saturated heterocycles. The first-order chi connectivity index (χ1) is 30.7. The molecule has 0 bridgehead atoms. The zero-order valence-corrected chi connectivity index (χ0v) is 37.1. The molecule has 0 atom stereocenters. The lowest BCUT2D eigenvalue weighted by Crippen LogP contribution is -2.38. The van der Waals surface area contributed by atoms with Crippen LogP contribution in [0.15, 0.2) is 167 Å². The van der Waals surface area contributed by atoms with Gasteiger partial charge in [-0.25, -0.2) is 0 Å². The molecule has 6 aromatic carbocycles. The molecule has 63 heavy (non-hydrogen) atoms. The molecule has 1 N–H and O–H groups in total. The Bertz CT molecular complexity index is 2800. The lowest BCUT2D eigenvalue weighted by atomic mass is 9.89. The maximum atomic E-state index is 14.0. The fourth-order valence-corrected chi connectivity index (χ4v) is 14.1. The Balaban J connectivity index is 0.884. The third-order valence-corrected chi connectivity index (χ3v) is 17.5. The Morgan fingerprint density at radius 3 is 1.87 bits per heavy atom. The number of nitrogens with zero attached hydrogens (tertiary/aromatic N) is 1. The molecule has 0 spiro atoms. The normalized spacial score (nSPS) is 13.4. The summed E-state index contributed by atoms with van der Waals surface area (Å²) in [7, 11) is -1.83. The summed E-state index contributed by atoms with van der Waals surface area (Å²) in [5.41, 5.74) is 6.25. The minimum Gasteiger partial charge on any atom is -0.507 e. The summed E-state index contributed by atoms with van der Waals surface area (Å²) in [6.45, 7) is 7.25. The van der Waals surface area contributed by atoms with Crippen LogP contribution in [-0.4, -0.2) is 35.2 Å². The van der Waals surface area contributed by atoms with E-state index in [1.165, 1.54) is 34.8 Å². The van der Waals surface area contributed by atoms with E-state index in [9.17, 15) is 14.7 Å². The number of carbonyl (C=O) groups is 1. The Labute approximate surface area is 370 Å². The van der Waals surface area contributed by atoms with Crippen LogP contribution in [0.3, 0.4) is 0 Å². The predicted octanol–water partition coefficient (Wildman–Crippen LogP) is 12.0. The van der Waals surface area contributed by atoms with Gasteiger partial charge in [0, 0.05) is 47.3 Å². The molecule has 2 heterocycles. The molecule has 316 valence electrons. The molecule has 6 nitrogen and oxygen atoms in total. The first-order valence-electron chi connectivity index (χ1n) is 22.1. The summed E-state index contributed by atoms with van der Waals surface area (Å²) < 4.78 is 12.6. The van der Waals surface area contributed by atoms with E-state index < -0.39 is 7.26 Å². The number of fused-ring (bicyclic) bond motifs is 2. The third-order valence-electron chi connectivity index (χ3n) is 13.0. The molecule has 7 heteroatoms. The largest absolute Gasteiger partial charge is 0.507 e. The van der Waals surface area contributed by atoms with Crippen molar-refractivity contribution in [3.8, 4) is 39.7 Å². The number of aromatic hydroxyl groups is 1. The first-order valence-corrected chi connectivity index (χ1v) is 24.1. The van der Waals surface area contributed by atoms with Gasteiger partial charge in [0.1, 0.15) is 51.8 Å². The van der Waals surface area contributed by atoms with Gasteiger partial charge in [0.25, 0.3) is 5.91 Å². The second kappa shape index (κ2) is 18.1. The summed E-state index contributed by atoms with van der Waals surface area (Å²) in [6, 6.07) is 53.6. The van der Waals surface area contributed by atoms with Gasteiger partial charge < -0.3 is 19.2 Å². The molecule has 1 amide bonds. The monoisotopic (exact) mass is 850 g/mol.